The number of rotatable bonds is 2. The Balaban J connectivity index is 1.92. The molecule has 5 nitrogen and oxygen atoms in total. The molecule has 1 unspecified atom stereocenters. The lowest BCUT2D eigenvalue weighted by Gasteiger charge is -2.26. The van der Waals surface area contributed by atoms with Crippen molar-refractivity contribution in [2.45, 2.75) is 58.6 Å². The molecule has 1 aliphatic rings. The van der Waals surface area contributed by atoms with Gasteiger partial charge in [0.25, 0.3) is 0 Å². The summed E-state index contributed by atoms with van der Waals surface area (Å²) in [5, 5.41) is 3.56. The van der Waals surface area contributed by atoms with Crippen molar-refractivity contribution in [3.05, 3.63) is 22.4 Å². The summed E-state index contributed by atoms with van der Waals surface area (Å²) in [5.74, 6) is 0. The molecule has 1 amide bonds. The van der Waals surface area contributed by atoms with Crippen molar-refractivity contribution in [2.75, 3.05) is 18.4 Å². The average molecular weight is 384 g/mol. The van der Waals surface area contributed by atoms with Crippen LogP contribution >= 0.6 is 15.9 Å². The van der Waals surface area contributed by atoms with E-state index in [9.17, 15) is 4.79 Å². The van der Waals surface area contributed by atoms with Crippen molar-refractivity contribution in [1.82, 2.24) is 9.88 Å². The maximum Gasteiger partial charge on any atom is 0.410 e. The lowest BCUT2D eigenvalue weighted by Crippen LogP contribution is -2.37. The minimum Gasteiger partial charge on any atom is -0.444 e. The summed E-state index contributed by atoms with van der Waals surface area (Å²) >= 11 is 3.38. The third-order valence-electron chi connectivity index (χ3n) is 3.79. The quantitative estimate of drug-likeness (QED) is 0.770. The van der Waals surface area contributed by atoms with E-state index in [0.29, 0.717) is 6.04 Å². The van der Waals surface area contributed by atoms with Crippen LogP contribution in [0.5, 0.6) is 0 Å². The van der Waals surface area contributed by atoms with Gasteiger partial charge in [-0.25, -0.2) is 9.78 Å². The van der Waals surface area contributed by atoms with Crippen LogP contribution in [0.25, 0.3) is 0 Å². The van der Waals surface area contributed by atoms with Crippen LogP contribution in [-0.2, 0) is 4.74 Å². The second kappa shape index (κ2) is 7.51. The van der Waals surface area contributed by atoms with E-state index in [2.05, 4.69) is 26.2 Å². The number of likely N-dealkylation sites (tertiary alicyclic amines) is 1. The molecule has 23 heavy (non-hydrogen) atoms. The molecule has 1 aliphatic heterocycles. The number of carbonyl (C=O) groups excluding carboxylic acids is 1. The first kappa shape index (κ1) is 18.0. The van der Waals surface area contributed by atoms with E-state index >= 15 is 0 Å². The molecule has 1 atom stereocenters. The molecule has 0 radical (unpaired) electrons. The van der Waals surface area contributed by atoms with Gasteiger partial charge in [-0.15, -0.1) is 0 Å². The molecule has 0 saturated carbocycles. The summed E-state index contributed by atoms with van der Waals surface area (Å²) in [5.41, 5.74) is 1.60. The van der Waals surface area contributed by atoms with E-state index in [-0.39, 0.29) is 6.09 Å². The van der Waals surface area contributed by atoms with E-state index in [1.165, 1.54) is 0 Å². The molecule has 0 spiro atoms. The number of aromatic nitrogens is 1. The van der Waals surface area contributed by atoms with Gasteiger partial charge in [0.15, 0.2) is 0 Å². The number of carbonyl (C=O) groups is 1. The largest absolute Gasteiger partial charge is 0.444 e. The third-order valence-corrected chi connectivity index (χ3v) is 4.23. The topological polar surface area (TPSA) is 54.5 Å². The molecule has 1 aromatic heterocycles. The van der Waals surface area contributed by atoms with Crippen LogP contribution in [0.3, 0.4) is 0 Å². The minimum atomic E-state index is -0.443. The highest BCUT2D eigenvalue weighted by molar-refractivity contribution is 9.10. The van der Waals surface area contributed by atoms with Gasteiger partial charge in [0.2, 0.25) is 0 Å². The van der Waals surface area contributed by atoms with E-state index in [4.69, 9.17) is 4.74 Å². The van der Waals surface area contributed by atoms with Gasteiger partial charge in [-0.05, 0) is 75.0 Å². The van der Waals surface area contributed by atoms with Crippen LogP contribution in [0.2, 0.25) is 0 Å². The van der Waals surface area contributed by atoms with Crippen molar-refractivity contribution in [3.8, 4) is 0 Å². The zero-order valence-corrected chi connectivity index (χ0v) is 15.9. The summed E-state index contributed by atoms with van der Waals surface area (Å²) in [6, 6.07) is 4.34. The molecule has 6 heteroatoms. The second-order valence-electron chi connectivity index (χ2n) is 7.01. The molecule has 1 aromatic rings. The monoisotopic (exact) mass is 383 g/mol. The lowest BCUT2D eigenvalue weighted by molar-refractivity contribution is 0.0256. The molecule has 0 bridgehead atoms. The Kier molecular flexibility index (Phi) is 5.89. The average Bonchev–Trinajstić information content (AvgIpc) is 2.66. The van der Waals surface area contributed by atoms with E-state index in [0.717, 1.165) is 48.3 Å². The van der Waals surface area contributed by atoms with Gasteiger partial charge in [0.05, 0.1) is 11.4 Å². The Morgan fingerprint density at radius 1 is 1.35 bits per heavy atom. The minimum absolute atomic E-state index is 0.209. The van der Waals surface area contributed by atoms with Gasteiger partial charge in [0, 0.05) is 19.1 Å². The normalized spacial score (nSPS) is 19.2. The number of anilines is 1. The molecule has 1 N–H and O–H groups in total. The first-order valence-corrected chi connectivity index (χ1v) is 8.91. The van der Waals surface area contributed by atoms with Crippen LogP contribution < -0.4 is 5.32 Å². The molecule has 2 heterocycles. The number of hydrogen-bond donors (Lipinski definition) is 1. The fourth-order valence-electron chi connectivity index (χ4n) is 2.65. The number of aryl methyl sites for hydroxylation is 1. The summed E-state index contributed by atoms with van der Waals surface area (Å²) < 4.78 is 6.31. The van der Waals surface area contributed by atoms with E-state index in [1.807, 2.05) is 44.7 Å². The highest BCUT2D eigenvalue weighted by Crippen LogP contribution is 2.21. The highest BCUT2D eigenvalue weighted by atomic mass is 79.9. The number of pyridine rings is 1. The second-order valence-corrected chi connectivity index (χ2v) is 7.82. The van der Waals surface area contributed by atoms with Gasteiger partial charge in [-0.2, -0.15) is 0 Å². The standard InChI is InChI=1S/C17H26BrN3O2/c1-12-14(7-8-15(18)19-12)20-13-6-5-10-21(11-9-13)16(22)23-17(2,3)4/h7-8,13,20H,5-6,9-11H2,1-4H3. The van der Waals surface area contributed by atoms with Gasteiger partial charge >= 0.3 is 6.09 Å². The number of nitrogens with zero attached hydrogens (tertiary/aromatic N) is 2. The summed E-state index contributed by atoms with van der Waals surface area (Å²) in [6.45, 7) is 9.17. The fraction of sp³-hybridized carbons (Fsp3) is 0.647. The fourth-order valence-corrected chi connectivity index (χ4v) is 3.05. The Morgan fingerprint density at radius 3 is 2.74 bits per heavy atom. The Morgan fingerprint density at radius 2 is 2.09 bits per heavy atom. The Hall–Kier alpha value is -1.30. The first-order valence-electron chi connectivity index (χ1n) is 8.12. The summed E-state index contributed by atoms with van der Waals surface area (Å²) in [7, 11) is 0. The number of halogens is 1. The molecular weight excluding hydrogens is 358 g/mol. The van der Waals surface area contributed by atoms with Crippen molar-refractivity contribution < 1.29 is 9.53 Å². The molecule has 2 rings (SSSR count). The predicted molar refractivity (Wildman–Crippen MR) is 95.7 cm³/mol. The van der Waals surface area contributed by atoms with Crippen LogP contribution in [0.15, 0.2) is 16.7 Å². The summed E-state index contributed by atoms with van der Waals surface area (Å²) in [6.07, 6.45) is 2.71. The Labute approximate surface area is 146 Å². The number of hydrogen-bond acceptors (Lipinski definition) is 4. The lowest BCUT2D eigenvalue weighted by atomic mass is 10.1. The Bertz CT molecular complexity index is 557. The van der Waals surface area contributed by atoms with Crippen LogP contribution in [-0.4, -0.2) is 40.7 Å². The van der Waals surface area contributed by atoms with Crippen LogP contribution in [0.4, 0.5) is 10.5 Å². The predicted octanol–water partition coefficient (Wildman–Crippen LogP) is 4.35. The number of ether oxygens (including phenoxy) is 1. The highest BCUT2D eigenvalue weighted by Gasteiger charge is 2.25. The molecule has 0 aromatic carbocycles. The van der Waals surface area contributed by atoms with Gasteiger partial charge in [0.1, 0.15) is 10.2 Å². The third kappa shape index (κ3) is 5.68. The molecule has 1 saturated heterocycles. The maximum absolute atomic E-state index is 12.2. The SMILES string of the molecule is Cc1nc(Br)ccc1NC1CCCN(C(=O)OC(C)(C)C)CC1. The first-order chi connectivity index (χ1) is 10.7. The molecular formula is C17H26BrN3O2. The van der Waals surface area contributed by atoms with E-state index in [1.54, 1.807) is 0 Å². The van der Waals surface area contributed by atoms with E-state index < -0.39 is 5.60 Å². The van der Waals surface area contributed by atoms with Crippen molar-refractivity contribution in [2.24, 2.45) is 0 Å². The zero-order chi connectivity index (χ0) is 17.0. The van der Waals surface area contributed by atoms with Gasteiger partial charge in [-0.1, -0.05) is 0 Å². The van der Waals surface area contributed by atoms with Crippen LogP contribution in [0.1, 0.15) is 45.7 Å². The smallest absolute Gasteiger partial charge is 0.410 e. The zero-order valence-electron chi connectivity index (χ0n) is 14.4. The molecule has 1 fully saturated rings. The van der Waals surface area contributed by atoms with Crippen molar-refractivity contribution in [3.63, 3.8) is 0 Å². The number of nitrogens with one attached hydrogen (secondary N) is 1. The molecule has 0 aliphatic carbocycles. The van der Waals surface area contributed by atoms with Crippen molar-refractivity contribution in [1.29, 1.82) is 0 Å². The number of amides is 1. The van der Waals surface area contributed by atoms with Crippen LogP contribution in [0, 0.1) is 6.92 Å². The summed E-state index contributed by atoms with van der Waals surface area (Å²) in [4.78, 5) is 18.4. The van der Waals surface area contributed by atoms with Gasteiger partial charge < -0.3 is 15.0 Å². The molecule has 128 valence electrons. The maximum atomic E-state index is 12.2. The van der Waals surface area contributed by atoms with Crippen molar-refractivity contribution >= 4 is 27.7 Å². The van der Waals surface area contributed by atoms with Gasteiger partial charge in [-0.3, -0.25) is 0 Å².